The molecule has 0 radical (unpaired) electrons. The number of nitrogens with zero attached hydrogens (tertiary/aromatic N) is 2. The fourth-order valence-electron chi connectivity index (χ4n) is 2.19. The van der Waals surface area contributed by atoms with Crippen molar-refractivity contribution < 1.29 is 4.52 Å². The monoisotopic (exact) mass is 259 g/mol. The van der Waals surface area contributed by atoms with Crippen LogP contribution in [0.3, 0.4) is 0 Å². The quantitative estimate of drug-likeness (QED) is 0.905. The van der Waals surface area contributed by atoms with Crippen molar-refractivity contribution in [1.29, 1.82) is 0 Å². The molecule has 1 atom stereocenters. The maximum atomic E-state index is 5.98. The van der Waals surface area contributed by atoms with E-state index in [2.05, 4.69) is 24.0 Å². The molecule has 1 aromatic rings. The van der Waals surface area contributed by atoms with Gasteiger partial charge in [-0.1, -0.05) is 38.3 Å². The molecule has 0 spiro atoms. The summed E-state index contributed by atoms with van der Waals surface area (Å²) in [6, 6.07) is -0.134. The third-order valence-corrected chi connectivity index (χ3v) is 3.43. The number of aromatic nitrogens is 2. The lowest BCUT2D eigenvalue weighted by atomic mass is 9.89. The smallest absolute Gasteiger partial charge is 0.243 e. The summed E-state index contributed by atoms with van der Waals surface area (Å²) < 4.78 is 5.25. The second-order valence-electron chi connectivity index (χ2n) is 5.10. The van der Waals surface area contributed by atoms with E-state index in [0.717, 1.165) is 5.82 Å². The number of rotatable bonds is 3. The van der Waals surface area contributed by atoms with Crippen molar-refractivity contribution in [3.8, 4) is 0 Å². The van der Waals surface area contributed by atoms with Gasteiger partial charge in [0.25, 0.3) is 0 Å². The van der Waals surface area contributed by atoms with E-state index in [-0.39, 0.29) is 18.4 Å². The van der Waals surface area contributed by atoms with Gasteiger partial charge in [-0.25, -0.2) is 0 Å². The van der Waals surface area contributed by atoms with Crippen molar-refractivity contribution in [2.45, 2.75) is 57.9 Å². The van der Waals surface area contributed by atoms with Crippen molar-refractivity contribution >= 4 is 12.4 Å². The summed E-state index contributed by atoms with van der Waals surface area (Å²) in [5.74, 6) is 2.28. The third kappa shape index (κ3) is 3.42. The van der Waals surface area contributed by atoms with Gasteiger partial charge in [0.05, 0.1) is 6.04 Å². The van der Waals surface area contributed by atoms with E-state index < -0.39 is 0 Å². The Morgan fingerprint density at radius 1 is 1.24 bits per heavy atom. The number of halogens is 1. The van der Waals surface area contributed by atoms with Gasteiger partial charge in [-0.3, -0.25) is 0 Å². The summed E-state index contributed by atoms with van der Waals surface area (Å²) in [6.45, 7) is 4.13. The molecule has 1 saturated carbocycles. The van der Waals surface area contributed by atoms with Crippen LogP contribution in [0.15, 0.2) is 4.52 Å². The lowest BCUT2D eigenvalue weighted by Crippen LogP contribution is -2.17. The SMILES string of the molecule is CC(C)[C@H](N)c1nc(C2CCCCC2)no1.Cl. The molecular weight excluding hydrogens is 238 g/mol. The molecule has 1 heterocycles. The van der Waals surface area contributed by atoms with Crippen LogP contribution in [0.4, 0.5) is 0 Å². The largest absolute Gasteiger partial charge is 0.338 e. The average molecular weight is 260 g/mol. The highest BCUT2D eigenvalue weighted by Gasteiger charge is 2.23. The number of hydrogen-bond donors (Lipinski definition) is 1. The van der Waals surface area contributed by atoms with E-state index in [0.29, 0.717) is 17.7 Å². The summed E-state index contributed by atoms with van der Waals surface area (Å²) in [5, 5.41) is 4.08. The fraction of sp³-hybridized carbons (Fsp3) is 0.833. The average Bonchev–Trinajstić information content (AvgIpc) is 2.78. The minimum atomic E-state index is -0.134. The van der Waals surface area contributed by atoms with E-state index in [1.165, 1.54) is 32.1 Å². The highest BCUT2D eigenvalue weighted by Crippen LogP contribution is 2.31. The van der Waals surface area contributed by atoms with Crippen LogP contribution in [-0.4, -0.2) is 10.1 Å². The summed E-state index contributed by atoms with van der Waals surface area (Å²) in [5.41, 5.74) is 5.98. The minimum Gasteiger partial charge on any atom is -0.338 e. The first kappa shape index (κ1) is 14.5. The zero-order valence-corrected chi connectivity index (χ0v) is 11.4. The summed E-state index contributed by atoms with van der Waals surface area (Å²) >= 11 is 0. The molecule has 1 aliphatic carbocycles. The Labute approximate surface area is 109 Å². The van der Waals surface area contributed by atoms with E-state index in [9.17, 15) is 0 Å². The van der Waals surface area contributed by atoms with Crippen molar-refractivity contribution in [2.75, 3.05) is 0 Å². The van der Waals surface area contributed by atoms with Crippen LogP contribution in [0, 0.1) is 5.92 Å². The molecule has 0 aromatic carbocycles. The first-order chi connectivity index (χ1) is 7.68. The molecule has 1 aliphatic rings. The first-order valence-corrected chi connectivity index (χ1v) is 6.27. The molecule has 2 rings (SSSR count). The summed E-state index contributed by atoms with van der Waals surface area (Å²) in [4.78, 5) is 4.45. The van der Waals surface area contributed by atoms with Gasteiger partial charge in [0.15, 0.2) is 5.82 Å². The van der Waals surface area contributed by atoms with Gasteiger partial charge in [0.2, 0.25) is 5.89 Å². The van der Waals surface area contributed by atoms with Gasteiger partial charge in [0, 0.05) is 5.92 Å². The molecule has 0 saturated heterocycles. The predicted molar refractivity (Wildman–Crippen MR) is 69.1 cm³/mol. The first-order valence-electron chi connectivity index (χ1n) is 6.27. The van der Waals surface area contributed by atoms with Gasteiger partial charge >= 0.3 is 0 Å². The second-order valence-corrected chi connectivity index (χ2v) is 5.10. The third-order valence-electron chi connectivity index (χ3n) is 3.43. The molecule has 0 bridgehead atoms. The lowest BCUT2D eigenvalue weighted by Gasteiger charge is -2.17. The van der Waals surface area contributed by atoms with E-state index in [1.54, 1.807) is 0 Å². The van der Waals surface area contributed by atoms with Crippen LogP contribution in [0.25, 0.3) is 0 Å². The number of hydrogen-bond acceptors (Lipinski definition) is 4. The van der Waals surface area contributed by atoms with Crippen molar-refractivity contribution in [2.24, 2.45) is 11.7 Å². The molecule has 98 valence electrons. The van der Waals surface area contributed by atoms with E-state index >= 15 is 0 Å². The van der Waals surface area contributed by atoms with E-state index in [1.807, 2.05) is 0 Å². The maximum Gasteiger partial charge on any atom is 0.243 e. The van der Waals surface area contributed by atoms with Crippen LogP contribution in [0.5, 0.6) is 0 Å². The van der Waals surface area contributed by atoms with Crippen LogP contribution in [0.2, 0.25) is 0 Å². The molecule has 17 heavy (non-hydrogen) atoms. The molecule has 1 aromatic heterocycles. The van der Waals surface area contributed by atoms with Crippen LogP contribution >= 0.6 is 12.4 Å². The zero-order chi connectivity index (χ0) is 11.5. The van der Waals surface area contributed by atoms with Crippen LogP contribution < -0.4 is 5.73 Å². The molecule has 1 fully saturated rings. The van der Waals surface area contributed by atoms with Gasteiger partial charge in [-0.15, -0.1) is 12.4 Å². The van der Waals surface area contributed by atoms with Crippen molar-refractivity contribution in [1.82, 2.24) is 10.1 Å². The van der Waals surface area contributed by atoms with Crippen molar-refractivity contribution in [3.05, 3.63) is 11.7 Å². The second kappa shape index (κ2) is 6.36. The van der Waals surface area contributed by atoms with Crippen molar-refractivity contribution in [3.63, 3.8) is 0 Å². The van der Waals surface area contributed by atoms with E-state index in [4.69, 9.17) is 10.3 Å². The Bertz CT molecular complexity index is 334. The molecule has 0 amide bonds. The van der Waals surface area contributed by atoms with Gasteiger partial charge in [-0.2, -0.15) is 4.98 Å². The van der Waals surface area contributed by atoms with Gasteiger partial charge in [-0.05, 0) is 18.8 Å². The molecule has 5 heteroatoms. The zero-order valence-electron chi connectivity index (χ0n) is 10.6. The minimum absolute atomic E-state index is 0. The Morgan fingerprint density at radius 2 is 1.88 bits per heavy atom. The molecule has 0 unspecified atom stereocenters. The molecule has 4 nitrogen and oxygen atoms in total. The highest BCUT2D eigenvalue weighted by molar-refractivity contribution is 5.85. The van der Waals surface area contributed by atoms with Crippen LogP contribution in [-0.2, 0) is 0 Å². The summed E-state index contributed by atoms with van der Waals surface area (Å²) in [7, 11) is 0. The topological polar surface area (TPSA) is 64.9 Å². The Balaban J connectivity index is 0.00000144. The Morgan fingerprint density at radius 3 is 2.47 bits per heavy atom. The lowest BCUT2D eigenvalue weighted by molar-refractivity contribution is 0.317. The number of nitrogens with two attached hydrogens (primary N) is 1. The maximum absolute atomic E-state index is 5.98. The Kier molecular flexibility index (Phi) is 5.40. The van der Waals surface area contributed by atoms with Gasteiger partial charge < -0.3 is 10.3 Å². The predicted octanol–water partition coefficient (Wildman–Crippen LogP) is 3.19. The normalized spacial score (nSPS) is 19.1. The summed E-state index contributed by atoms with van der Waals surface area (Å²) in [6.07, 6.45) is 6.29. The Hall–Kier alpha value is -0.610. The molecule has 2 N–H and O–H groups in total. The fourth-order valence-corrected chi connectivity index (χ4v) is 2.19. The van der Waals surface area contributed by atoms with Crippen LogP contribution in [0.1, 0.15) is 69.6 Å². The molecule has 0 aliphatic heterocycles. The molecular formula is C12H22ClN3O. The van der Waals surface area contributed by atoms with Gasteiger partial charge in [0.1, 0.15) is 0 Å². The standard InChI is InChI=1S/C12H21N3O.ClH/c1-8(2)10(13)12-14-11(15-16-12)9-6-4-3-5-7-9;/h8-10H,3-7,13H2,1-2H3;1H/t10-;/m0./s1. The highest BCUT2D eigenvalue weighted by atomic mass is 35.5.